The van der Waals surface area contributed by atoms with E-state index in [1.54, 1.807) is 0 Å². The van der Waals surface area contributed by atoms with Gasteiger partial charge in [-0.1, -0.05) is 13.8 Å². The van der Waals surface area contributed by atoms with Crippen molar-refractivity contribution in [3.8, 4) is 0 Å². The lowest BCUT2D eigenvalue weighted by Crippen LogP contribution is -2.51. The van der Waals surface area contributed by atoms with Crippen molar-refractivity contribution in [2.45, 2.75) is 32.8 Å². The molecule has 1 saturated heterocycles. The van der Waals surface area contributed by atoms with Crippen LogP contribution in [0.2, 0.25) is 0 Å². The van der Waals surface area contributed by atoms with Crippen LogP contribution in [0.4, 0.5) is 4.79 Å². The van der Waals surface area contributed by atoms with Gasteiger partial charge < -0.3 is 20.1 Å². The molecule has 6 heteroatoms. The van der Waals surface area contributed by atoms with Gasteiger partial charge in [0.15, 0.2) is 6.10 Å². The molecule has 0 aromatic carbocycles. The second-order valence-corrected chi connectivity index (χ2v) is 4.91. The molecule has 1 aliphatic heterocycles. The largest absolute Gasteiger partial charge is 0.479 e. The summed E-state index contributed by atoms with van der Waals surface area (Å²) in [5, 5.41) is 11.6. The van der Waals surface area contributed by atoms with Crippen molar-refractivity contribution in [3.63, 3.8) is 0 Å². The number of hydrogen-bond acceptors (Lipinski definition) is 3. The number of aliphatic carboxylic acids is 1. The summed E-state index contributed by atoms with van der Waals surface area (Å²) >= 11 is 0. The molecule has 0 spiro atoms. The first-order valence-electron chi connectivity index (χ1n) is 6.38. The molecular formula is C12H22N2O4. The summed E-state index contributed by atoms with van der Waals surface area (Å²) in [6.45, 7) is 5.75. The minimum Gasteiger partial charge on any atom is -0.479 e. The van der Waals surface area contributed by atoms with Crippen LogP contribution in [0.5, 0.6) is 0 Å². The van der Waals surface area contributed by atoms with Crippen molar-refractivity contribution in [1.29, 1.82) is 0 Å². The Morgan fingerprint density at radius 2 is 2.22 bits per heavy atom. The summed E-state index contributed by atoms with van der Waals surface area (Å²) < 4.78 is 5.06. The Kier molecular flexibility index (Phi) is 5.91. The minimum absolute atomic E-state index is 0.116. The van der Waals surface area contributed by atoms with Gasteiger partial charge in [0.05, 0.1) is 13.2 Å². The normalized spacial score (nSPS) is 19.9. The Bertz CT molecular complexity index is 294. The van der Waals surface area contributed by atoms with Crippen LogP contribution in [-0.4, -0.2) is 54.4 Å². The molecule has 1 heterocycles. The predicted octanol–water partition coefficient (Wildman–Crippen LogP) is 0.918. The number of carboxylic acids is 1. The van der Waals surface area contributed by atoms with E-state index >= 15 is 0 Å². The fourth-order valence-electron chi connectivity index (χ4n) is 1.80. The van der Waals surface area contributed by atoms with Crippen molar-refractivity contribution in [2.24, 2.45) is 5.92 Å². The summed E-state index contributed by atoms with van der Waals surface area (Å²) in [6.07, 6.45) is 1.11. The van der Waals surface area contributed by atoms with Gasteiger partial charge in [0.25, 0.3) is 0 Å². The van der Waals surface area contributed by atoms with E-state index < -0.39 is 12.1 Å². The molecule has 18 heavy (non-hydrogen) atoms. The lowest BCUT2D eigenvalue weighted by Gasteiger charge is -2.30. The maximum atomic E-state index is 11.8. The highest BCUT2D eigenvalue weighted by Crippen LogP contribution is 2.06. The van der Waals surface area contributed by atoms with E-state index in [0.717, 1.165) is 12.8 Å². The fraction of sp³-hybridized carbons (Fsp3) is 0.833. The summed E-state index contributed by atoms with van der Waals surface area (Å²) in [7, 11) is 0. The number of morpholine rings is 1. The smallest absolute Gasteiger partial charge is 0.334 e. The molecule has 1 atom stereocenters. The van der Waals surface area contributed by atoms with Gasteiger partial charge in [0.1, 0.15) is 0 Å². The first-order chi connectivity index (χ1) is 8.50. The van der Waals surface area contributed by atoms with Crippen LogP contribution in [-0.2, 0) is 9.53 Å². The average Bonchev–Trinajstić information content (AvgIpc) is 2.34. The third kappa shape index (κ3) is 4.91. The fourth-order valence-corrected chi connectivity index (χ4v) is 1.80. The number of carbonyl (C=O) groups excluding carboxylic acids is 1. The molecule has 0 radical (unpaired) electrons. The first-order valence-corrected chi connectivity index (χ1v) is 6.38. The molecular weight excluding hydrogens is 236 g/mol. The van der Waals surface area contributed by atoms with Gasteiger partial charge in [-0.15, -0.1) is 0 Å². The van der Waals surface area contributed by atoms with Crippen LogP contribution < -0.4 is 5.32 Å². The SMILES string of the molecule is CC(C)CCCNC(=O)N1CCOC(C(=O)O)C1. The van der Waals surface area contributed by atoms with Gasteiger partial charge in [-0.2, -0.15) is 0 Å². The van der Waals surface area contributed by atoms with Crippen molar-refractivity contribution in [1.82, 2.24) is 10.2 Å². The Balaban J connectivity index is 2.26. The van der Waals surface area contributed by atoms with Gasteiger partial charge in [0.2, 0.25) is 0 Å². The molecule has 1 unspecified atom stereocenters. The molecule has 2 N–H and O–H groups in total. The van der Waals surface area contributed by atoms with E-state index in [1.165, 1.54) is 4.90 Å². The van der Waals surface area contributed by atoms with Crippen molar-refractivity contribution < 1.29 is 19.4 Å². The topological polar surface area (TPSA) is 78.9 Å². The summed E-state index contributed by atoms with van der Waals surface area (Å²) in [5.41, 5.74) is 0. The van der Waals surface area contributed by atoms with Gasteiger partial charge in [-0.25, -0.2) is 9.59 Å². The Morgan fingerprint density at radius 1 is 1.50 bits per heavy atom. The minimum atomic E-state index is -1.02. The first kappa shape index (κ1) is 14.8. The maximum absolute atomic E-state index is 11.8. The highest BCUT2D eigenvalue weighted by atomic mass is 16.5. The lowest BCUT2D eigenvalue weighted by atomic mass is 10.1. The number of urea groups is 1. The second kappa shape index (κ2) is 7.20. The van der Waals surface area contributed by atoms with E-state index in [0.29, 0.717) is 19.0 Å². The number of rotatable bonds is 5. The molecule has 1 aliphatic rings. The zero-order valence-electron chi connectivity index (χ0n) is 11.0. The molecule has 0 saturated carbocycles. The quantitative estimate of drug-likeness (QED) is 0.719. The van der Waals surface area contributed by atoms with Gasteiger partial charge >= 0.3 is 12.0 Å². The van der Waals surface area contributed by atoms with Crippen LogP contribution in [0.3, 0.4) is 0 Å². The molecule has 0 aromatic heterocycles. The van der Waals surface area contributed by atoms with Crippen molar-refractivity contribution >= 4 is 12.0 Å². The van der Waals surface area contributed by atoms with Crippen LogP contribution in [0.1, 0.15) is 26.7 Å². The third-order valence-electron chi connectivity index (χ3n) is 2.86. The molecule has 2 amide bonds. The predicted molar refractivity (Wildman–Crippen MR) is 66.4 cm³/mol. The molecule has 104 valence electrons. The summed E-state index contributed by atoms with van der Waals surface area (Å²) in [5.74, 6) is -0.394. The molecule has 0 aliphatic carbocycles. The van der Waals surface area contributed by atoms with Gasteiger partial charge in [-0.05, 0) is 18.8 Å². The number of carboxylic acid groups (broad SMARTS) is 1. The van der Waals surface area contributed by atoms with Gasteiger partial charge in [0, 0.05) is 13.1 Å². The van der Waals surface area contributed by atoms with E-state index in [-0.39, 0.29) is 19.2 Å². The van der Waals surface area contributed by atoms with E-state index in [1.807, 2.05) is 0 Å². The van der Waals surface area contributed by atoms with Crippen molar-refractivity contribution in [2.75, 3.05) is 26.2 Å². The Labute approximate surface area is 107 Å². The van der Waals surface area contributed by atoms with Crippen LogP contribution in [0.25, 0.3) is 0 Å². The van der Waals surface area contributed by atoms with Crippen LogP contribution in [0.15, 0.2) is 0 Å². The molecule has 1 rings (SSSR count). The standard InChI is InChI=1S/C12H22N2O4/c1-9(2)4-3-5-13-12(17)14-6-7-18-10(8-14)11(15)16/h9-10H,3-8H2,1-2H3,(H,13,17)(H,15,16). The molecule has 0 bridgehead atoms. The number of nitrogens with one attached hydrogen (secondary N) is 1. The van der Waals surface area contributed by atoms with Crippen LogP contribution in [0, 0.1) is 5.92 Å². The summed E-state index contributed by atoms with van der Waals surface area (Å²) in [6, 6.07) is -0.201. The molecule has 6 nitrogen and oxygen atoms in total. The monoisotopic (exact) mass is 258 g/mol. The average molecular weight is 258 g/mol. The highest BCUT2D eigenvalue weighted by Gasteiger charge is 2.28. The van der Waals surface area contributed by atoms with Crippen molar-refractivity contribution in [3.05, 3.63) is 0 Å². The van der Waals surface area contributed by atoms with E-state index in [2.05, 4.69) is 19.2 Å². The molecule has 1 fully saturated rings. The van der Waals surface area contributed by atoms with E-state index in [9.17, 15) is 9.59 Å². The number of amides is 2. The van der Waals surface area contributed by atoms with Crippen LogP contribution >= 0.6 is 0 Å². The molecule has 0 aromatic rings. The third-order valence-corrected chi connectivity index (χ3v) is 2.86. The summed E-state index contributed by atoms with van der Waals surface area (Å²) in [4.78, 5) is 24.0. The maximum Gasteiger partial charge on any atom is 0.334 e. The Hall–Kier alpha value is -1.30. The number of carbonyl (C=O) groups is 2. The van der Waals surface area contributed by atoms with Gasteiger partial charge in [-0.3, -0.25) is 0 Å². The number of ether oxygens (including phenoxy) is 1. The highest BCUT2D eigenvalue weighted by molar-refractivity contribution is 5.77. The second-order valence-electron chi connectivity index (χ2n) is 4.91. The lowest BCUT2D eigenvalue weighted by molar-refractivity contribution is -0.154. The number of hydrogen-bond donors (Lipinski definition) is 2. The zero-order chi connectivity index (χ0) is 13.5. The number of nitrogens with zero attached hydrogens (tertiary/aromatic N) is 1. The van der Waals surface area contributed by atoms with E-state index in [4.69, 9.17) is 9.84 Å². The zero-order valence-corrected chi connectivity index (χ0v) is 11.0. The Morgan fingerprint density at radius 3 is 2.83 bits per heavy atom.